The Morgan fingerprint density at radius 2 is 2.19 bits per heavy atom. The Morgan fingerprint density at radius 1 is 1.38 bits per heavy atom. The SMILES string of the molecule is Cn1ccnc1C1(CNC(=O)c2cc3c(s2)CCCC3)NC(=O)NC1=O. The number of fused-ring (bicyclic) bond motifs is 1. The van der Waals surface area contributed by atoms with Crippen molar-refractivity contribution in [3.8, 4) is 0 Å². The highest BCUT2D eigenvalue weighted by Gasteiger charge is 2.50. The Morgan fingerprint density at radius 3 is 2.85 bits per heavy atom. The van der Waals surface area contributed by atoms with Crippen LogP contribution in [0.5, 0.6) is 0 Å². The molecule has 2 aromatic heterocycles. The Hall–Kier alpha value is -2.68. The smallest absolute Gasteiger partial charge is 0.322 e. The van der Waals surface area contributed by atoms with Crippen molar-refractivity contribution in [2.75, 3.05) is 6.54 Å². The van der Waals surface area contributed by atoms with Crippen LogP contribution in [0.15, 0.2) is 18.5 Å². The van der Waals surface area contributed by atoms with Crippen molar-refractivity contribution in [2.24, 2.45) is 7.05 Å². The number of thiophene rings is 1. The van der Waals surface area contributed by atoms with Crippen molar-refractivity contribution in [1.29, 1.82) is 0 Å². The van der Waals surface area contributed by atoms with Crippen molar-refractivity contribution >= 4 is 29.2 Å². The number of aromatic nitrogens is 2. The molecule has 1 aliphatic heterocycles. The number of amides is 4. The molecule has 2 aliphatic rings. The van der Waals surface area contributed by atoms with Crippen LogP contribution in [-0.4, -0.2) is 33.9 Å². The number of nitrogens with one attached hydrogen (secondary N) is 3. The first-order valence-electron chi connectivity index (χ1n) is 8.51. The average molecular weight is 373 g/mol. The van der Waals surface area contributed by atoms with Gasteiger partial charge in [0, 0.05) is 24.3 Å². The highest BCUT2D eigenvalue weighted by Crippen LogP contribution is 2.30. The third kappa shape index (κ3) is 2.68. The fourth-order valence-electron chi connectivity index (χ4n) is 3.53. The van der Waals surface area contributed by atoms with E-state index in [-0.39, 0.29) is 12.5 Å². The minimum absolute atomic E-state index is 0.0726. The predicted molar refractivity (Wildman–Crippen MR) is 94.9 cm³/mol. The summed E-state index contributed by atoms with van der Waals surface area (Å²) in [6, 6.07) is 1.34. The minimum atomic E-state index is -1.41. The van der Waals surface area contributed by atoms with E-state index in [1.165, 1.54) is 21.8 Å². The number of nitrogens with zero attached hydrogens (tertiary/aromatic N) is 2. The lowest BCUT2D eigenvalue weighted by Crippen LogP contribution is -2.54. The quantitative estimate of drug-likeness (QED) is 0.690. The maximum Gasteiger partial charge on any atom is 0.322 e. The van der Waals surface area contributed by atoms with E-state index in [4.69, 9.17) is 0 Å². The molecule has 4 amide bonds. The highest BCUT2D eigenvalue weighted by molar-refractivity contribution is 7.14. The molecular weight excluding hydrogens is 354 g/mol. The van der Waals surface area contributed by atoms with E-state index in [1.54, 1.807) is 24.0 Å². The fourth-order valence-corrected chi connectivity index (χ4v) is 4.70. The normalized spacial score (nSPS) is 21.9. The molecule has 3 N–H and O–H groups in total. The zero-order chi connectivity index (χ0) is 18.3. The van der Waals surface area contributed by atoms with Gasteiger partial charge in [0.2, 0.25) is 0 Å². The van der Waals surface area contributed by atoms with E-state index in [1.807, 2.05) is 6.07 Å². The predicted octanol–water partition coefficient (Wildman–Crippen LogP) is 0.825. The van der Waals surface area contributed by atoms with Crippen LogP contribution >= 0.6 is 11.3 Å². The van der Waals surface area contributed by atoms with Crippen LogP contribution < -0.4 is 16.0 Å². The zero-order valence-electron chi connectivity index (χ0n) is 14.3. The van der Waals surface area contributed by atoms with E-state index in [0.717, 1.165) is 25.7 Å². The third-order valence-electron chi connectivity index (χ3n) is 4.88. The second-order valence-electron chi connectivity index (χ2n) is 6.62. The van der Waals surface area contributed by atoms with Gasteiger partial charge in [0.05, 0.1) is 11.4 Å². The standard InChI is InChI=1S/C17H19N5O3S/c1-22-7-6-18-14(22)17(15(24)20-16(25)21-17)9-19-13(23)12-8-10-4-2-3-5-11(10)26-12/h6-8H,2-5,9H2,1H3,(H,19,23)(H2,20,21,24,25). The molecule has 2 aromatic rings. The molecule has 1 aliphatic carbocycles. The summed E-state index contributed by atoms with van der Waals surface area (Å²) in [6.45, 7) is -0.0726. The van der Waals surface area contributed by atoms with E-state index < -0.39 is 17.5 Å². The minimum Gasteiger partial charge on any atom is -0.348 e. The average Bonchev–Trinajstić information content (AvgIpc) is 3.30. The molecule has 0 bridgehead atoms. The molecule has 8 nitrogen and oxygen atoms in total. The molecule has 0 saturated carbocycles. The van der Waals surface area contributed by atoms with E-state index in [2.05, 4.69) is 20.9 Å². The van der Waals surface area contributed by atoms with Crippen molar-refractivity contribution < 1.29 is 14.4 Å². The molecule has 3 heterocycles. The van der Waals surface area contributed by atoms with Crippen LogP contribution in [0, 0.1) is 0 Å². The van der Waals surface area contributed by atoms with Gasteiger partial charge in [-0.1, -0.05) is 0 Å². The van der Waals surface area contributed by atoms with Crippen molar-refractivity contribution in [3.63, 3.8) is 0 Å². The molecule has 0 spiro atoms. The summed E-state index contributed by atoms with van der Waals surface area (Å²) in [5.74, 6) is -0.402. The number of urea groups is 1. The number of carbonyl (C=O) groups excluding carboxylic acids is 3. The summed E-state index contributed by atoms with van der Waals surface area (Å²) in [5.41, 5.74) is -0.167. The maximum atomic E-state index is 12.6. The van der Waals surface area contributed by atoms with Crippen LogP contribution in [0.1, 0.15) is 38.8 Å². The van der Waals surface area contributed by atoms with Gasteiger partial charge >= 0.3 is 6.03 Å². The maximum absolute atomic E-state index is 12.6. The Kier molecular flexibility index (Phi) is 4.03. The molecule has 1 atom stereocenters. The number of hydrogen-bond acceptors (Lipinski definition) is 5. The van der Waals surface area contributed by atoms with E-state index >= 15 is 0 Å². The van der Waals surface area contributed by atoms with E-state index in [0.29, 0.717) is 10.7 Å². The Bertz CT molecular complexity index is 879. The van der Waals surface area contributed by atoms with Gasteiger partial charge in [-0.25, -0.2) is 9.78 Å². The molecule has 0 radical (unpaired) electrons. The van der Waals surface area contributed by atoms with Gasteiger partial charge in [-0.05, 0) is 37.3 Å². The van der Waals surface area contributed by atoms with Crippen molar-refractivity contribution in [1.82, 2.24) is 25.5 Å². The second kappa shape index (κ2) is 6.24. The van der Waals surface area contributed by atoms with Gasteiger partial charge < -0.3 is 15.2 Å². The van der Waals surface area contributed by atoms with Crippen molar-refractivity contribution in [2.45, 2.75) is 31.2 Å². The number of imide groups is 1. The van der Waals surface area contributed by atoms with Crippen molar-refractivity contribution in [3.05, 3.63) is 39.6 Å². The molecule has 1 saturated heterocycles. The molecular formula is C17H19N5O3S. The topological polar surface area (TPSA) is 105 Å². The number of carbonyl (C=O) groups is 3. The first kappa shape index (κ1) is 16.8. The number of rotatable bonds is 4. The highest BCUT2D eigenvalue weighted by atomic mass is 32.1. The molecule has 9 heteroatoms. The summed E-state index contributed by atoms with van der Waals surface area (Å²) < 4.78 is 1.65. The van der Waals surface area contributed by atoms with Gasteiger partial charge in [0.25, 0.3) is 11.8 Å². The molecule has 1 fully saturated rings. The van der Waals surface area contributed by atoms with Crippen LogP contribution in [0.2, 0.25) is 0 Å². The van der Waals surface area contributed by atoms with Gasteiger partial charge in [-0.3, -0.25) is 14.9 Å². The second-order valence-corrected chi connectivity index (χ2v) is 7.76. The summed E-state index contributed by atoms with van der Waals surface area (Å²) in [5, 5.41) is 7.66. The molecule has 136 valence electrons. The van der Waals surface area contributed by atoms with Gasteiger partial charge in [-0.2, -0.15) is 0 Å². The van der Waals surface area contributed by atoms with Gasteiger partial charge in [-0.15, -0.1) is 11.3 Å². The molecule has 0 aromatic carbocycles. The summed E-state index contributed by atoms with van der Waals surface area (Å²) in [4.78, 5) is 42.9. The number of hydrogen-bond donors (Lipinski definition) is 3. The van der Waals surface area contributed by atoms with E-state index in [9.17, 15) is 14.4 Å². The monoisotopic (exact) mass is 373 g/mol. The summed E-state index contributed by atoms with van der Waals surface area (Å²) >= 11 is 1.51. The number of imidazole rings is 1. The summed E-state index contributed by atoms with van der Waals surface area (Å²) in [7, 11) is 1.73. The zero-order valence-corrected chi connectivity index (χ0v) is 15.1. The van der Waals surface area contributed by atoms with Crippen LogP contribution in [0.4, 0.5) is 4.79 Å². The lowest BCUT2D eigenvalue weighted by Gasteiger charge is -2.25. The van der Waals surface area contributed by atoms with Crippen LogP contribution in [-0.2, 0) is 30.2 Å². The molecule has 4 rings (SSSR count). The number of aryl methyl sites for hydroxylation is 3. The Labute approximate surface area is 154 Å². The fraction of sp³-hybridized carbons (Fsp3) is 0.412. The van der Waals surface area contributed by atoms with Gasteiger partial charge in [0.1, 0.15) is 5.82 Å². The first-order valence-corrected chi connectivity index (χ1v) is 9.32. The Balaban J connectivity index is 1.56. The van der Waals surface area contributed by atoms with Crippen LogP contribution in [0.3, 0.4) is 0 Å². The molecule has 26 heavy (non-hydrogen) atoms. The lowest BCUT2D eigenvalue weighted by atomic mass is 9.98. The largest absolute Gasteiger partial charge is 0.348 e. The first-order chi connectivity index (χ1) is 12.5. The van der Waals surface area contributed by atoms with Crippen LogP contribution in [0.25, 0.3) is 0 Å². The molecule has 1 unspecified atom stereocenters. The lowest BCUT2D eigenvalue weighted by molar-refractivity contribution is -0.124. The summed E-state index contributed by atoms with van der Waals surface area (Å²) in [6.07, 6.45) is 7.56. The third-order valence-corrected chi connectivity index (χ3v) is 6.11. The van der Waals surface area contributed by atoms with Gasteiger partial charge in [0.15, 0.2) is 5.54 Å².